The number of carboxylic acids is 1. The fourth-order valence-electron chi connectivity index (χ4n) is 1.21. The number of thiophene rings is 1. The molecule has 0 aliphatic carbocycles. The average molecular weight is 206 g/mol. The zero-order chi connectivity index (χ0) is 8.55. The van der Waals surface area contributed by atoms with E-state index in [9.17, 15) is 9.90 Å². The minimum atomic E-state index is -1.10. The number of hydrogen-bond acceptors (Lipinski definition) is 5. The fourth-order valence-corrected chi connectivity index (χ4v) is 2.16. The van der Waals surface area contributed by atoms with Gasteiger partial charge in [0, 0.05) is 23.1 Å². The molecule has 64 valence electrons. The number of fused-ring (bicyclic) bond motifs is 1. The van der Waals surface area contributed by atoms with Gasteiger partial charge in [-0.3, -0.25) is 5.32 Å². The van der Waals surface area contributed by atoms with Crippen molar-refractivity contribution in [2.45, 2.75) is 6.54 Å². The standard InChI is InChI=1S/C7H8N2O2S.Na/c10-7(11)5-2-12-6-4(5)1-8-3-9-6;/h2,8-9H,1,3H2,(H,10,11);/q;+1/p-1. The number of nitrogens with one attached hydrogen (secondary N) is 2. The molecule has 0 unspecified atom stereocenters. The van der Waals surface area contributed by atoms with Crippen LogP contribution < -0.4 is 45.3 Å². The second-order valence-electron chi connectivity index (χ2n) is 2.52. The van der Waals surface area contributed by atoms with E-state index in [4.69, 9.17) is 0 Å². The summed E-state index contributed by atoms with van der Waals surface area (Å²) in [5.41, 5.74) is 1.11. The Kier molecular flexibility index (Phi) is 3.75. The summed E-state index contributed by atoms with van der Waals surface area (Å²) in [6, 6.07) is 0. The van der Waals surface area contributed by atoms with E-state index in [0.717, 1.165) is 10.6 Å². The molecule has 0 aromatic carbocycles. The molecule has 1 aromatic heterocycles. The molecule has 0 fully saturated rings. The van der Waals surface area contributed by atoms with Gasteiger partial charge in [-0.05, 0) is 0 Å². The van der Waals surface area contributed by atoms with Crippen LogP contribution in [0.5, 0.6) is 0 Å². The molecule has 0 atom stereocenters. The first-order valence-electron chi connectivity index (χ1n) is 3.55. The molecule has 0 saturated carbocycles. The number of rotatable bonds is 1. The minimum Gasteiger partial charge on any atom is -0.545 e. The Hall–Kier alpha value is -0.0700. The van der Waals surface area contributed by atoms with Gasteiger partial charge in [0.05, 0.1) is 17.6 Å². The molecule has 13 heavy (non-hydrogen) atoms. The smallest absolute Gasteiger partial charge is 0.545 e. The Bertz CT molecular complexity index is 326. The minimum absolute atomic E-state index is 0. The third kappa shape index (κ3) is 2.05. The first kappa shape index (κ1) is 11.0. The first-order valence-corrected chi connectivity index (χ1v) is 4.43. The van der Waals surface area contributed by atoms with Crippen LogP contribution in [0.4, 0.5) is 5.00 Å². The number of aromatic carboxylic acids is 1. The van der Waals surface area contributed by atoms with Crippen molar-refractivity contribution in [3.05, 3.63) is 16.5 Å². The summed E-state index contributed by atoms with van der Waals surface area (Å²) >= 11 is 1.41. The molecule has 2 heterocycles. The predicted molar refractivity (Wildman–Crippen MR) is 44.0 cm³/mol. The van der Waals surface area contributed by atoms with Crippen LogP contribution in [0.15, 0.2) is 5.38 Å². The monoisotopic (exact) mass is 206 g/mol. The van der Waals surface area contributed by atoms with Crippen molar-refractivity contribution >= 4 is 22.3 Å². The van der Waals surface area contributed by atoms with Gasteiger partial charge in [-0.2, -0.15) is 0 Å². The Morgan fingerprint density at radius 2 is 2.38 bits per heavy atom. The van der Waals surface area contributed by atoms with Gasteiger partial charge in [-0.15, -0.1) is 11.3 Å². The third-order valence-electron chi connectivity index (χ3n) is 1.79. The summed E-state index contributed by atoms with van der Waals surface area (Å²) in [6.07, 6.45) is 0. The molecule has 0 amide bonds. The molecule has 2 N–H and O–H groups in total. The van der Waals surface area contributed by atoms with Crippen molar-refractivity contribution in [3.63, 3.8) is 0 Å². The molecule has 6 heteroatoms. The molecule has 1 aromatic rings. The molecular weight excluding hydrogens is 199 g/mol. The SMILES string of the molecule is O=C([O-])c1csc2c1CNCN2.[Na+]. The van der Waals surface area contributed by atoms with Crippen molar-refractivity contribution in [3.8, 4) is 0 Å². The summed E-state index contributed by atoms with van der Waals surface area (Å²) in [6.45, 7) is 1.30. The maximum absolute atomic E-state index is 10.6. The van der Waals surface area contributed by atoms with E-state index in [1.54, 1.807) is 5.38 Å². The van der Waals surface area contributed by atoms with Crippen LogP contribution in [0.1, 0.15) is 15.9 Å². The predicted octanol–water partition coefficient (Wildman–Crippen LogP) is -3.41. The van der Waals surface area contributed by atoms with Crippen molar-refractivity contribution in [1.29, 1.82) is 0 Å². The number of carbonyl (C=O) groups excluding carboxylic acids is 1. The summed E-state index contributed by atoms with van der Waals surface area (Å²) in [4.78, 5) is 10.6. The van der Waals surface area contributed by atoms with E-state index < -0.39 is 5.97 Å². The van der Waals surface area contributed by atoms with E-state index in [2.05, 4.69) is 10.6 Å². The zero-order valence-corrected chi connectivity index (χ0v) is 10.0. The van der Waals surface area contributed by atoms with Crippen LogP contribution in [-0.2, 0) is 6.54 Å². The molecule has 4 nitrogen and oxygen atoms in total. The Balaban J connectivity index is 0.000000845. The largest absolute Gasteiger partial charge is 1.00 e. The van der Waals surface area contributed by atoms with E-state index in [1.807, 2.05) is 0 Å². The second-order valence-corrected chi connectivity index (χ2v) is 3.40. The van der Waals surface area contributed by atoms with Crippen LogP contribution in [0, 0.1) is 0 Å². The molecule has 1 aliphatic heterocycles. The number of hydrogen-bond donors (Lipinski definition) is 2. The van der Waals surface area contributed by atoms with Gasteiger partial charge in [0.15, 0.2) is 0 Å². The molecule has 0 spiro atoms. The maximum atomic E-state index is 10.6. The van der Waals surface area contributed by atoms with Gasteiger partial charge in [-0.25, -0.2) is 0 Å². The Morgan fingerprint density at radius 3 is 3.08 bits per heavy atom. The van der Waals surface area contributed by atoms with Crippen molar-refractivity contribution < 1.29 is 39.5 Å². The van der Waals surface area contributed by atoms with Gasteiger partial charge < -0.3 is 15.2 Å². The van der Waals surface area contributed by atoms with E-state index >= 15 is 0 Å². The van der Waals surface area contributed by atoms with Gasteiger partial charge in [0.2, 0.25) is 0 Å². The summed E-state index contributed by atoms with van der Waals surface area (Å²) in [5, 5.41) is 19.2. The normalized spacial score (nSPS) is 13.8. The van der Waals surface area contributed by atoms with Gasteiger partial charge in [0.25, 0.3) is 0 Å². The second kappa shape index (κ2) is 4.43. The van der Waals surface area contributed by atoms with Crippen molar-refractivity contribution in [1.82, 2.24) is 5.32 Å². The third-order valence-corrected chi connectivity index (χ3v) is 2.77. The summed E-state index contributed by atoms with van der Waals surface area (Å²) < 4.78 is 0. The average Bonchev–Trinajstić information content (AvgIpc) is 2.47. The molecule has 1 aliphatic rings. The first-order chi connectivity index (χ1) is 5.79. The maximum Gasteiger partial charge on any atom is 1.00 e. The summed E-state index contributed by atoms with van der Waals surface area (Å²) in [5.74, 6) is -1.10. The Morgan fingerprint density at radius 1 is 1.62 bits per heavy atom. The van der Waals surface area contributed by atoms with Gasteiger partial charge in [-0.1, -0.05) is 0 Å². The van der Waals surface area contributed by atoms with Crippen LogP contribution in [-0.4, -0.2) is 12.6 Å². The van der Waals surface area contributed by atoms with Crippen LogP contribution in [0.25, 0.3) is 0 Å². The van der Waals surface area contributed by atoms with Crippen molar-refractivity contribution in [2.24, 2.45) is 0 Å². The molecule has 0 bridgehead atoms. The molecule has 0 radical (unpaired) electrons. The van der Waals surface area contributed by atoms with E-state index in [1.165, 1.54) is 11.3 Å². The van der Waals surface area contributed by atoms with Crippen LogP contribution in [0.3, 0.4) is 0 Å². The Labute approximate surface area is 102 Å². The van der Waals surface area contributed by atoms with E-state index in [-0.39, 0.29) is 29.6 Å². The molecule has 2 rings (SSSR count). The van der Waals surface area contributed by atoms with Gasteiger partial charge >= 0.3 is 29.6 Å². The van der Waals surface area contributed by atoms with Crippen molar-refractivity contribution in [2.75, 3.05) is 12.0 Å². The van der Waals surface area contributed by atoms with Crippen LogP contribution >= 0.6 is 11.3 Å². The van der Waals surface area contributed by atoms with Crippen LogP contribution in [0.2, 0.25) is 0 Å². The number of anilines is 1. The topological polar surface area (TPSA) is 64.2 Å². The zero-order valence-electron chi connectivity index (χ0n) is 7.22. The number of carbonyl (C=O) groups is 1. The fraction of sp³-hybridized carbons (Fsp3) is 0.286. The van der Waals surface area contributed by atoms with E-state index in [0.29, 0.717) is 18.8 Å². The van der Waals surface area contributed by atoms with Gasteiger partial charge in [0.1, 0.15) is 0 Å². The molecule has 0 saturated heterocycles. The summed E-state index contributed by atoms with van der Waals surface area (Å²) in [7, 11) is 0. The quantitative estimate of drug-likeness (QED) is 0.470. The molecular formula is C7H7N2NaO2S. The number of carboxylic acid groups (broad SMARTS) is 1.